The molecule has 1 aliphatic rings. The van der Waals surface area contributed by atoms with E-state index in [1.165, 1.54) is 6.07 Å². The molecule has 110 valence electrons. The molecule has 2 N–H and O–H groups in total. The Hall–Kier alpha value is -1.82. The van der Waals surface area contributed by atoms with Crippen molar-refractivity contribution in [2.75, 3.05) is 25.1 Å². The van der Waals surface area contributed by atoms with Crippen LogP contribution in [0.2, 0.25) is 0 Å². The summed E-state index contributed by atoms with van der Waals surface area (Å²) >= 11 is 0. The Morgan fingerprint density at radius 2 is 2.30 bits per heavy atom. The van der Waals surface area contributed by atoms with Gasteiger partial charge in [0, 0.05) is 31.3 Å². The molecule has 1 aromatic rings. The van der Waals surface area contributed by atoms with Crippen LogP contribution in [0.3, 0.4) is 0 Å². The summed E-state index contributed by atoms with van der Waals surface area (Å²) in [7, 11) is 1.56. The van der Waals surface area contributed by atoms with E-state index < -0.39 is 0 Å². The maximum Gasteiger partial charge on any atom is 0.292 e. The SMILES string of the molecule is COc1ccc([N+](=O)[O-])c(N2CCCC(C(C)N)C2)c1. The minimum Gasteiger partial charge on any atom is -0.497 e. The lowest BCUT2D eigenvalue weighted by Gasteiger charge is -2.35. The lowest BCUT2D eigenvalue weighted by atomic mass is 9.92. The number of hydrogen-bond acceptors (Lipinski definition) is 5. The molecule has 2 rings (SSSR count). The van der Waals surface area contributed by atoms with E-state index >= 15 is 0 Å². The molecule has 6 nitrogen and oxygen atoms in total. The molecule has 1 fully saturated rings. The molecule has 6 heteroatoms. The highest BCUT2D eigenvalue weighted by molar-refractivity contribution is 5.66. The number of methoxy groups -OCH3 is 1. The van der Waals surface area contributed by atoms with Crippen LogP contribution in [-0.2, 0) is 0 Å². The largest absolute Gasteiger partial charge is 0.497 e. The molecule has 1 aliphatic heterocycles. The van der Waals surface area contributed by atoms with Crippen LogP contribution in [0.5, 0.6) is 5.75 Å². The standard InChI is InChI=1S/C14H21N3O3/c1-10(15)11-4-3-7-16(9-11)14-8-12(20-2)5-6-13(14)17(18)19/h5-6,8,10-11H,3-4,7,9,15H2,1-2H3. The molecule has 20 heavy (non-hydrogen) atoms. The monoisotopic (exact) mass is 279 g/mol. The van der Waals surface area contributed by atoms with Gasteiger partial charge in [-0.05, 0) is 31.7 Å². The Bertz CT molecular complexity index is 491. The third kappa shape index (κ3) is 3.01. The molecule has 1 saturated heterocycles. The molecule has 1 heterocycles. The van der Waals surface area contributed by atoms with E-state index in [4.69, 9.17) is 10.5 Å². The number of piperidine rings is 1. The van der Waals surface area contributed by atoms with Gasteiger partial charge in [-0.2, -0.15) is 0 Å². The fourth-order valence-corrected chi connectivity index (χ4v) is 2.70. The topological polar surface area (TPSA) is 81.6 Å². The Labute approximate surface area is 118 Å². The van der Waals surface area contributed by atoms with Gasteiger partial charge in [-0.15, -0.1) is 0 Å². The molecule has 0 radical (unpaired) electrons. The number of nitrogens with two attached hydrogens (primary N) is 1. The highest BCUT2D eigenvalue weighted by Crippen LogP contribution is 2.35. The first kappa shape index (κ1) is 14.6. The van der Waals surface area contributed by atoms with E-state index in [0.29, 0.717) is 17.4 Å². The van der Waals surface area contributed by atoms with Crippen molar-refractivity contribution >= 4 is 11.4 Å². The normalized spacial score (nSPS) is 20.6. The van der Waals surface area contributed by atoms with Gasteiger partial charge < -0.3 is 15.4 Å². The van der Waals surface area contributed by atoms with Gasteiger partial charge in [0.1, 0.15) is 11.4 Å². The van der Waals surface area contributed by atoms with Gasteiger partial charge in [0.2, 0.25) is 0 Å². The van der Waals surface area contributed by atoms with Gasteiger partial charge >= 0.3 is 0 Å². The molecule has 0 aliphatic carbocycles. The van der Waals surface area contributed by atoms with E-state index in [0.717, 1.165) is 25.9 Å². The van der Waals surface area contributed by atoms with Gasteiger partial charge in [-0.3, -0.25) is 10.1 Å². The zero-order valence-corrected chi connectivity index (χ0v) is 11.9. The van der Waals surface area contributed by atoms with Crippen molar-refractivity contribution in [2.45, 2.75) is 25.8 Å². The number of hydrogen-bond donors (Lipinski definition) is 1. The maximum absolute atomic E-state index is 11.2. The van der Waals surface area contributed by atoms with Gasteiger partial charge in [-0.25, -0.2) is 0 Å². The molecular weight excluding hydrogens is 258 g/mol. The lowest BCUT2D eigenvalue weighted by Crippen LogP contribution is -2.42. The number of ether oxygens (including phenoxy) is 1. The highest BCUT2D eigenvalue weighted by atomic mass is 16.6. The molecule has 0 amide bonds. The van der Waals surface area contributed by atoms with Crippen molar-refractivity contribution in [1.82, 2.24) is 0 Å². The number of rotatable bonds is 4. The van der Waals surface area contributed by atoms with Crippen LogP contribution in [0.1, 0.15) is 19.8 Å². The van der Waals surface area contributed by atoms with Gasteiger partial charge in [0.15, 0.2) is 0 Å². The van der Waals surface area contributed by atoms with Crippen molar-refractivity contribution in [2.24, 2.45) is 11.7 Å². The number of nitrogens with zero attached hydrogens (tertiary/aromatic N) is 2. The zero-order valence-electron chi connectivity index (χ0n) is 11.9. The predicted octanol–water partition coefficient (Wildman–Crippen LogP) is 2.17. The highest BCUT2D eigenvalue weighted by Gasteiger charge is 2.27. The van der Waals surface area contributed by atoms with E-state index in [-0.39, 0.29) is 16.7 Å². The molecule has 0 saturated carbocycles. The van der Waals surface area contributed by atoms with Gasteiger partial charge in [0.05, 0.1) is 12.0 Å². The van der Waals surface area contributed by atoms with Crippen LogP contribution >= 0.6 is 0 Å². The van der Waals surface area contributed by atoms with E-state index in [9.17, 15) is 10.1 Å². The van der Waals surface area contributed by atoms with Crippen molar-refractivity contribution in [3.05, 3.63) is 28.3 Å². The predicted molar refractivity (Wildman–Crippen MR) is 78.2 cm³/mol. The van der Waals surface area contributed by atoms with Crippen molar-refractivity contribution in [3.63, 3.8) is 0 Å². The fraction of sp³-hybridized carbons (Fsp3) is 0.571. The van der Waals surface area contributed by atoms with Crippen LogP contribution in [0.15, 0.2) is 18.2 Å². The Morgan fingerprint density at radius 3 is 2.90 bits per heavy atom. The minimum absolute atomic E-state index is 0.0995. The summed E-state index contributed by atoms with van der Waals surface area (Å²) in [5.41, 5.74) is 6.72. The summed E-state index contributed by atoms with van der Waals surface area (Å²) in [6, 6.07) is 4.96. The Balaban J connectivity index is 2.32. The number of anilines is 1. The third-order valence-electron chi connectivity index (χ3n) is 3.92. The summed E-state index contributed by atoms with van der Waals surface area (Å²) in [4.78, 5) is 12.9. The fourth-order valence-electron chi connectivity index (χ4n) is 2.70. The first-order valence-electron chi connectivity index (χ1n) is 6.86. The molecule has 2 atom stereocenters. The summed E-state index contributed by atoms with van der Waals surface area (Å²) in [5, 5.41) is 11.2. The number of benzene rings is 1. The van der Waals surface area contributed by atoms with Crippen LogP contribution < -0.4 is 15.4 Å². The number of nitro benzene ring substituents is 1. The Morgan fingerprint density at radius 1 is 1.55 bits per heavy atom. The third-order valence-corrected chi connectivity index (χ3v) is 3.92. The van der Waals surface area contributed by atoms with Crippen LogP contribution in [-0.4, -0.2) is 31.2 Å². The average Bonchev–Trinajstić information content (AvgIpc) is 2.46. The minimum atomic E-state index is -0.343. The van der Waals surface area contributed by atoms with Crippen molar-refractivity contribution < 1.29 is 9.66 Å². The second-order valence-electron chi connectivity index (χ2n) is 5.32. The van der Waals surface area contributed by atoms with E-state index in [2.05, 4.69) is 4.90 Å². The van der Waals surface area contributed by atoms with E-state index in [1.54, 1.807) is 19.2 Å². The lowest BCUT2D eigenvalue weighted by molar-refractivity contribution is -0.384. The van der Waals surface area contributed by atoms with Crippen LogP contribution in [0.25, 0.3) is 0 Å². The average molecular weight is 279 g/mol. The molecule has 1 aromatic carbocycles. The zero-order chi connectivity index (χ0) is 14.7. The first-order valence-corrected chi connectivity index (χ1v) is 6.86. The smallest absolute Gasteiger partial charge is 0.292 e. The van der Waals surface area contributed by atoms with Crippen LogP contribution in [0, 0.1) is 16.0 Å². The molecular formula is C14H21N3O3. The van der Waals surface area contributed by atoms with Crippen molar-refractivity contribution in [3.8, 4) is 5.75 Å². The van der Waals surface area contributed by atoms with Crippen LogP contribution in [0.4, 0.5) is 11.4 Å². The summed E-state index contributed by atoms with van der Waals surface area (Å²) < 4.78 is 5.18. The molecule has 0 aromatic heterocycles. The summed E-state index contributed by atoms with van der Waals surface area (Å²) in [6.45, 7) is 3.57. The van der Waals surface area contributed by atoms with Gasteiger partial charge in [-0.1, -0.05) is 0 Å². The maximum atomic E-state index is 11.2. The summed E-state index contributed by atoms with van der Waals surface area (Å²) in [5.74, 6) is 1.00. The Kier molecular flexibility index (Phi) is 4.44. The number of nitro groups is 1. The molecule has 0 bridgehead atoms. The molecule has 0 spiro atoms. The summed E-state index contributed by atoms with van der Waals surface area (Å²) in [6.07, 6.45) is 2.08. The van der Waals surface area contributed by atoms with Crippen molar-refractivity contribution in [1.29, 1.82) is 0 Å². The van der Waals surface area contributed by atoms with Gasteiger partial charge in [0.25, 0.3) is 5.69 Å². The quantitative estimate of drug-likeness (QED) is 0.674. The second-order valence-corrected chi connectivity index (χ2v) is 5.32. The molecule has 2 unspecified atom stereocenters. The first-order chi connectivity index (χ1) is 9.52. The van der Waals surface area contributed by atoms with E-state index in [1.807, 2.05) is 6.92 Å². The second kappa shape index (κ2) is 6.09.